The van der Waals surface area contributed by atoms with Crippen molar-refractivity contribution in [2.24, 2.45) is 0 Å². The van der Waals surface area contributed by atoms with Crippen LogP contribution in [0.4, 0.5) is 4.79 Å². The van der Waals surface area contributed by atoms with E-state index in [2.05, 4.69) is 0 Å². The molecule has 8 heteroatoms. The highest BCUT2D eigenvalue weighted by atomic mass is 32.2. The third kappa shape index (κ3) is 2.20. The van der Waals surface area contributed by atoms with E-state index in [0.717, 1.165) is 4.90 Å². The third-order valence-corrected chi connectivity index (χ3v) is 4.49. The minimum Gasteiger partial charge on any atom is -0.480 e. The van der Waals surface area contributed by atoms with E-state index in [1.165, 1.54) is 6.92 Å². The van der Waals surface area contributed by atoms with Crippen LogP contribution in [0.1, 0.15) is 6.92 Å². The fraction of sp³-hybridized carbons (Fsp3) is 0.714. The van der Waals surface area contributed by atoms with E-state index in [1.807, 2.05) is 0 Å². The van der Waals surface area contributed by atoms with Gasteiger partial charge in [0.2, 0.25) is 0 Å². The molecule has 1 rings (SSSR count). The standard InChI is InChI=1S/C7H11NO6S/c1-4-3-15(13,14)5(6(9)10)2-8(4)7(11)12/h4-5H,2-3H2,1H3,(H,9,10)(H,11,12)/t4-,5?/m0/s1. The van der Waals surface area contributed by atoms with Gasteiger partial charge in [-0.2, -0.15) is 0 Å². The number of carboxylic acid groups (broad SMARTS) is 2. The number of hydrogen-bond donors (Lipinski definition) is 2. The summed E-state index contributed by atoms with van der Waals surface area (Å²) in [4.78, 5) is 22.2. The minimum absolute atomic E-state index is 0.448. The number of sulfone groups is 1. The summed E-state index contributed by atoms with van der Waals surface area (Å²) in [5.74, 6) is -1.95. The molecule has 0 aromatic heterocycles. The van der Waals surface area contributed by atoms with Crippen molar-refractivity contribution in [2.75, 3.05) is 12.3 Å². The van der Waals surface area contributed by atoms with Crippen LogP contribution in [-0.4, -0.2) is 59.2 Å². The Bertz CT molecular complexity index is 388. The van der Waals surface area contributed by atoms with Crippen LogP contribution in [0.3, 0.4) is 0 Å². The highest BCUT2D eigenvalue weighted by Gasteiger charge is 2.43. The molecule has 7 nitrogen and oxygen atoms in total. The number of hydrogen-bond acceptors (Lipinski definition) is 4. The molecule has 1 saturated heterocycles. The van der Waals surface area contributed by atoms with Crippen LogP contribution in [0, 0.1) is 0 Å². The van der Waals surface area contributed by atoms with Gasteiger partial charge in [0.05, 0.1) is 12.3 Å². The summed E-state index contributed by atoms with van der Waals surface area (Å²) in [6, 6.07) is -0.705. The van der Waals surface area contributed by atoms with Gasteiger partial charge in [-0.05, 0) is 6.92 Å². The molecular weight excluding hydrogens is 226 g/mol. The van der Waals surface area contributed by atoms with Gasteiger partial charge in [0.15, 0.2) is 15.1 Å². The molecule has 2 N–H and O–H groups in total. The summed E-state index contributed by atoms with van der Waals surface area (Å²) < 4.78 is 22.8. The fourth-order valence-electron chi connectivity index (χ4n) is 1.51. The Labute approximate surface area is 86.2 Å². The van der Waals surface area contributed by atoms with Crippen molar-refractivity contribution < 1.29 is 28.2 Å². The van der Waals surface area contributed by atoms with Crippen LogP contribution in [0.25, 0.3) is 0 Å². The van der Waals surface area contributed by atoms with E-state index in [9.17, 15) is 18.0 Å². The number of rotatable bonds is 1. The van der Waals surface area contributed by atoms with Crippen molar-refractivity contribution in [1.82, 2.24) is 4.90 Å². The van der Waals surface area contributed by atoms with Gasteiger partial charge < -0.3 is 15.1 Å². The van der Waals surface area contributed by atoms with Gasteiger partial charge in [0.25, 0.3) is 0 Å². The van der Waals surface area contributed by atoms with E-state index in [-0.39, 0.29) is 0 Å². The van der Waals surface area contributed by atoms with Crippen LogP contribution in [0.15, 0.2) is 0 Å². The van der Waals surface area contributed by atoms with Crippen LogP contribution in [0.5, 0.6) is 0 Å². The highest BCUT2D eigenvalue weighted by molar-refractivity contribution is 7.92. The topological polar surface area (TPSA) is 112 Å². The molecule has 0 spiro atoms. The van der Waals surface area contributed by atoms with Crippen molar-refractivity contribution in [3.63, 3.8) is 0 Å². The maximum atomic E-state index is 11.4. The predicted molar refractivity (Wildman–Crippen MR) is 49.4 cm³/mol. The Morgan fingerprint density at radius 1 is 1.33 bits per heavy atom. The summed E-state index contributed by atoms with van der Waals surface area (Å²) in [7, 11) is -3.74. The molecule has 0 bridgehead atoms. The lowest BCUT2D eigenvalue weighted by molar-refractivity contribution is -0.136. The second kappa shape index (κ2) is 3.69. The summed E-state index contributed by atoms with van der Waals surface area (Å²) in [6.45, 7) is 0.928. The van der Waals surface area contributed by atoms with Crippen molar-refractivity contribution in [3.8, 4) is 0 Å². The zero-order valence-electron chi connectivity index (χ0n) is 7.95. The molecule has 0 aromatic carbocycles. The number of carbonyl (C=O) groups is 2. The molecule has 1 aliphatic heterocycles. The van der Waals surface area contributed by atoms with Gasteiger partial charge in [-0.1, -0.05) is 0 Å². The van der Waals surface area contributed by atoms with Crippen LogP contribution >= 0.6 is 0 Å². The normalized spacial score (nSPS) is 29.8. The molecule has 1 amide bonds. The molecule has 0 aliphatic carbocycles. The van der Waals surface area contributed by atoms with Crippen molar-refractivity contribution in [3.05, 3.63) is 0 Å². The second-order valence-electron chi connectivity index (χ2n) is 3.44. The first-order chi connectivity index (χ1) is 6.75. The molecular formula is C7H11NO6S. The number of amides is 1. The monoisotopic (exact) mass is 237 g/mol. The molecule has 1 heterocycles. The number of nitrogens with zero attached hydrogens (tertiary/aromatic N) is 1. The molecule has 0 radical (unpaired) electrons. The van der Waals surface area contributed by atoms with Crippen molar-refractivity contribution in [1.29, 1.82) is 0 Å². The molecule has 15 heavy (non-hydrogen) atoms. The van der Waals surface area contributed by atoms with E-state index in [0.29, 0.717) is 0 Å². The maximum Gasteiger partial charge on any atom is 0.407 e. The smallest absolute Gasteiger partial charge is 0.407 e. The van der Waals surface area contributed by atoms with Crippen molar-refractivity contribution in [2.45, 2.75) is 18.2 Å². The number of carboxylic acids is 1. The van der Waals surface area contributed by atoms with Gasteiger partial charge in [0.1, 0.15) is 0 Å². The largest absolute Gasteiger partial charge is 0.480 e. The first kappa shape index (κ1) is 11.8. The van der Waals surface area contributed by atoms with Crippen molar-refractivity contribution >= 4 is 21.9 Å². The lowest BCUT2D eigenvalue weighted by atomic mass is 10.3. The van der Waals surface area contributed by atoms with Gasteiger partial charge >= 0.3 is 12.1 Å². The first-order valence-electron chi connectivity index (χ1n) is 4.19. The average molecular weight is 237 g/mol. The lowest BCUT2D eigenvalue weighted by Crippen LogP contribution is -2.56. The SMILES string of the molecule is C[C@H]1CS(=O)(=O)C(C(=O)O)CN1C(=O)O. The number of aliphatic carboxylic acids is 1. The lowest BCUT2D eigenvalue weighted by Gasteiger charge is -2.33. The minimum atomic E-state index is -3.74. The Kier molecular flexibility index (Phi) is 2.89. The molecule has 1 aliphatic rings. The molecule has 86 valence electrons. The van der Waals surface area contributed by atoms with Gasteiger partial charge in [-0.25, -0.2) is 13.2 Å². The average Bonchev–Trinajstić information content (AvgIpc) is 1.99. The van der Waals surface area contributed by atoms with Crippen LogP contribution in [-0.2, 0) is 14.6 Å². The summed E-state index contributed by atoms with van der Waals surface area (Å²) in [5.41, 5.74) is 0. The van der Waals surface area contributed by atoms with E-state index in [1.54, 1.807) is 0 Å². The van der Waals surface area contributed by atoms with E-state index in [4.69, 9.17) is 10.2 Å². The first-order valence-corrected chi connectivity index (χ1v) is 5.91. The van der Waals surface area contributed by atoms with Crippen LogP contribution < -0.4 is 0 Å². The predicted octanol–water partition coefficient (Wildman–Crippen LogP) is -0.763. The third-order valence-electron chi connectivity index (χ3n) is 2.32. The zero-order valence-corrected chi connectivity index (χ0v) is 8.77. The summed E-state index contributed by atoms with van der Waals surface area (Å²) in [5, 5.41) is 15.7. The van der Waals surface area contributed by atoms with Gasteiger partial charge in [0, 0.05) is 6.04 Å². The summed E-state index contributed by atoms with van der Waals surface area (Å²) in [6.07, 6.45) is -1.30. The summed E-state index contributed by atoms with van der Waals surface area (Å²) >= 11 is 0. The molecule has 1 fully saturated rings. The van der Waals surface area contributed by atoms with E-state index < -0.39 is 45.5 Å². The molecule has 1 unspecified atom stereocenters. The van der Waals surface area contributed by atoms with Gasteiger partial charge in [-0.15, -0.1) is 0 Å². The zero-order chi connectivity index (χ0) is 11.8. The molecule has 0 saturated carbocycles. The Hall–Kier alpha value is -1.31. The highest BCUT2D eigenvalue weighted by Crippen LogP contribution is 2.18. The molecule has 0 aromatic rings. The van der Waals surface area contributed by atoms with E-state index >= 15 is 0 Å². The second-order valence-corrected chi connectivity index (χ2v) is 5.67. The Morgan fingerprint density at radius 2 is 1.87 bits per heavy atom. The fourth-order valence-corrected chi connectivity index (χ4v) is 3.29. The quantitative estimate of drug-likeness (QED) is 0.619. The van der Waals surface area contributed by atoms with Crippen LogP contribution in [0.2, 0.25) is 0 Å². The molecule has 2 atom stereocenters. The Morgan fingerprint density at radius 3 is 2.27 bits per heavy atom. The van der Waals surface area contributed by atoms with Gasteiger partial charge in [-0.3, -0.25) is 4.79 Å². The maximum absolute atomic E-state index is 11.4. The Balaban J connectivity index is 3.00.